The van der Waals surface area contributed by atoms with Crippen LogP contribution in [0, 0.1) is 0 Å². The Balaban J connectivity index is 2.20. The number of aliphatic hydroxyl groups excluding tert-OH is 2. The number of hydrogen-bond donors (Lipinski definition) is 3. The first-order chi connectivity index (χ1) is 7.97. The molecule has 1 saturated heterocycles. The summed E-state index contributed by atoms with van der Waals surface area (Å²) in [5.74, 6) is -0.500. The van der Waals surface area contributed by atoms with Crippen LogP contribution in [0.1, 0.15) is 6.42 Å². The van der Waals surface area contributed by atoms with Crippen molar-refractivity contribution in [3.8, 4) is 0 Å². The highest BCUT2D eigenvalue weighted by Crippen LogP contribution is 2.34. The Labute approximate surface area is 106 Å². The predicted molar refractivity (Wildman–Crippen MR) is 58.2 cm³/mol. The molecule has 2 aliphatic heterocycles. The number of aliphatic hydroxyl groups is 2. The minimum absolute atomic E-state index is 0.183. The zero-order chi connectivity index (χ0) is 12.6. The van der Waals surface area contributed by atoms with E-state index in [1.54, 1.807) is 0 Å². The standard InChI is InChI=1S/C9H11BrN2O5/c10-12(2-1-7(15)11-9(12)16)8-3-5(14)6(4-13)17-8/h1-2,5-6,8,13-14H,3-4H2/p+1/t5-,6+,8+,12?/m0/s1. The van der Waals surface area contributed by atoms with E-state index >= 15 is 0 Å². The van der Waals surface area contributed by atoms with Gasteiger partial charge in [0, 0.05) is 0 Å². The molecule has 8 heteroatoms. The van der Waals surface area contributed by atoms with Crippen molar-refractivity contribution in [2.75, 3.05) is 6.61 Å². The lowest BCUT2D eigenvalue weighted by atomic mass is 10.2. The fourth-order valence-corrected chi connectivity index (χ4v) is 2.29. The van der Waals surface area contributed by atoms with Crippen LogP contribution < -0.4 is 5.32 Å². The molecule has 0 spiro atoms. The summed E-state index contributed by atoms with van der Waals surface area (Å²) in [5, 5.41) is 20.7. The third kappa shape index (κ3) is 2.14. The largest absolute Gasteiger partial charge is 0.440 e. The highest BCUT2D eigenvalue weighted by atomic mass is 79.9. The summed E-state index contributed by atoms with van der Waals surface area (Å²) >= 11 is 3.17. The van der Waals surface area contributed by atoms with E-state index in [4.69, 9.17) is 9.84 Å². The van der Waals surface area contributed by atoms with Crippen LogP contribution in [0.15, 0.2) is 12.3 Å². The summed E-state index contributed by atoms with van der Waals surface area (Å²) in [4.78, 5) is 22.7. The molecule has 0 saturated carbocycles. The number of hydrogen-bond acceptors (Lipinski definition) is 5. The number of imide groups is 1. The van der Waals surface area contributed by atoms with Crippen LogP contribution in [0.5, 0.6) is 0 Å². The minimum Gasteiger partial charge on any atom is -0.394 e. The van der Waals surface area contributed by atoms with E-state index in [1.165, 1.54) is 12.3 Å². The summed E-state index contributed by atoms with van der Waals surface area (Å²) in [5.41, 5.74) is 0. The molecule has 94 valence electrons. The van der Waals surface area contributed by atoms with Gasteiger partial charge in [-0.3, -0.25) is 4.79 Å². The van der Waals surface area contributed by atoms with Gasteiger partial charge in [-0.25, -0.2) is 10.1 Å². The summed E-state index contributed by atoms with van der Waals surface area (Å²) in [6.45, 7) is -0.324. The van der Waals surface area contributed by atoms with E-state index in [1.807, 2.05) is 0 Å². The third-order valence-corrected chi connectivity index (χ3v) is 3.80. The van der Waals surface area contributed by atoms with Gasteiger partial charge in [0.25, 0.3) is 5.91 Å². The maximum atomic E-state index is 11.7. The van der Waals surface area contributed by atoms with E-state index in [-0.39, 0.29) is 13.0 Å². The first-order valence-electron chi connectivity index (χ1n) is 5.04. The SMILES string of the molecule is O=C1C=C[N+](Br)([C@H]2C[C@H](O)[C@@H](CO)O2)C(=O)N1. The average Bonchev–Trinajstić information content (AvgIpc) is 2.66. The number of nitrogens with one attached hydrogen (secondary N) is 1. The lowest BCUT2D eigenvalue weighted by molar-refractivity contribution is -0.703. The molecule has 0 aliphatic carbocycles. The maximum absolute atomic E-state index is 11.7. The summed E-state index contributed by atoms with van der Waals surface area (Å²) in [6.07, 6.45) is 0.494. The lowest BCUT2D eigenvalue weighted by Gasteiger charge is -2.30. The zero-order valence-electron chi connectivity index (χ0n) is 8.75. The van der Waals surface area contributed by atoms with Crippen molar-refractivity contribution in [1.82, 2.24) is 5.32 Å². The monoisotopic (exact) mass is 307 g/mol. The van der Waals surface area contributed by atoms with Gasteiger partial charge < -0.3 is 14.9 Å². The number of quaternary nitrogens is 1. The minimum atomic E-state index is -0.837. The Morgan fingerprint density at radius 1 is 1.59 bits per heavy atom. The molecule has 0 aromatic carbocycles. The molecule has 2 rings (SSSR count). The van der Waals surface area contributed by atoms with Crippen molar-refractivity contribution < 1.29 is 28.0 Å². The van der Waals surface area contributed by atoms with Crippen molar-refractivity contribution >= 4 is 28.1 Å². The molecule has 0 radical (unpaired) electrons. The van der Waals surface area contributed by atoms with Crippen molar-refractivity contribution in [2.24, 2.45) is 0 Å². The molecule has 4 atom stereocenters. The van der Waals surface area contributed by atoms with E-state index in [0.717, 1.165) is 0 Å². The van der Waals surface area contributed by atoms with Gasteiger partial charge in [0.1, 0.15) is 12.3 Å². The van der Waals surface area contributed by atoms with Crippen LogP contribution in [-0.2, 0) is 9.53 Å². The second-order valence-electron chi connectivity index (χ2n) is 3.91. The van der Waals surface area contributed by atoms with Crippen LogP contribution in [0.25, 0.3) is 0 Å². The number of halogens is 1. The summed E-state index contributed by atoms with van der Waals surface area (Å²) < 4.78 is 4.92. The number of rotatable bonds is 2. The van der Waals surface area contributed by atoms with E-state index in [0.29, 0.717) is 0 Å². The van der Waals surface area contributed by atoms with Crippen LogP contribution in [0.2, 0.25) is 0 Å². The molecule has 3 N–H and O–H groups in total. The normalized spacial score (nSPS) is 41.7. The molecule has 2 aliphatic rings. The number of urea groups is 1. The van der Waals surface area contributed by atoms with Gasteiger partial charge in [-0.2, -0.15) is 0 Å². The first-order valence-corrected chi connectivity index (χ1v) is 5.75. The van der Waals surface area contributed by atoms with Crippen molar-refractivity contribution in [2.45, 2.75) is 24.9 Å². The Morgan fingerprint density at radius 2 is 2.29 bits per heavy atom. The summed E-state index contributed by atoms with van der Waals surface area (Å²) in [6, 6.07) is -0.590. The van der Waals surface area contributed by atoms with Gasteiger partial charge in [-0.05, 0) is 0 Å². The van der Waals surface area contributed by atoms with Crippen LogP contribution >= 0.6 is 16.1 Å². The van der Waals surface area contributed by atoms with Crippen molar-refractivity contribution in [3.05, 3.63) is 12.3 Å². The fraction of sp³-hybridized carbons (Fsp3) is 0.556. The Hall–Kier alpha value is -0.800. The maximum Gasteiger partial charge on any atom is 0.440 e. The van der Waals surface area contributed by atoms with Gasteiger partial charge >= 0.3 is 6.03 Å². The number of amides is 3. The third-order valence-electron chi connectivity index (χ3n) is 2.79. The van der Waals surface area contributed by atoms with Crippen LogP contribution in [-0.4, -0.2) is 50.7 Å². The van der Waals surface area contributed by atoms with Crippen molar-refractivity contribution in [1.29, 1.82) is 0 Å². The molecule has 2 heterocycles. The highest BCUT2D eigenvalue weighted by Gasteiger charge is 2.52. The fourth-order valence-electron chi connectivity index (χ4n) is 1.82. The molecule has 1 fully saturated rings. The van der Waals surface area contributed by atoms with Gasteiger partial charge in [-0.1, -0.05) is 0 Å². The molecule has 3 amide bonds. The molecule has 0 aromatic heterocycles. The van der Waals surface area contributed by atoms with Gasteiger partial charge in [0.2, 0.25) is 22.4 Å². The Morgan fingerprint density at radius 3 is 2.82 bits per heavy atom. The molecule has 17 heavy (non-hydrogen) atoms. The molecule has 0 bridgehead atoms. The Bertz CT molecular complexity index is 388. The second kappa shape index (κ2) is 4.46. The second-order valence-corrected chi connectivity index (χ2v) is 5.09. The lowest BCUT2D eigenvalue weighted by Crippen LogP contribution is -2.56. The number of carbonyl (C=O) groups excluding carboxylic acids is 2. The van der Waals surface area contributed by atoms with Crippen molar-refractivity contribution in [3.63, 3.8) is 0 Å². The molecule has 0 aromatic rings. The zero-order valence-corrected chi connectivity index (χ0v) is 10.3. The molecule has 1 unspecified atom stereocenters. The number of carbonyl (C=O) groups is 2. The predicted octanol–water partition coefficient (Wildman–Crippen LogP) is -0.655. The van der Waals surface area contributed by atoms with E-state index in [9.17, 15) is 14.7 Å². The topological polar surface area (TPSA) is 95.9 Å². The van der Waals surface area contributed by atoms with Gasteiger partial charge in [-0.15, -0.1) is 3.51 Å². The van der Waals surface area contributed by atoms with Crippen LogP contribution in [0.4, 0.5) is 4.79 Å². The molecular formula is C9H12BrN2O5+. The van der Waals surface area contributed by atoms with Crippen LogP contribution in [0.3, 0.4) is 0 Å². The summed E-state index contributed by atoms with van der Waals surface area (Å²) in [7, 11) is 0. The highest BCUT2D eigenvalue weighted by molar-refractivity contribution is 9.05. The van der Waals surface area contributed by atoms with E-state index < -0.39 is 33.9 Å². The average molecular weight is 308 g/mol. The molecular weight excluding hydrogens is 296 g/mol. The first kappa shape index (κ1) is 12.7. The number of nitrogens with zero attached hydrogens (tertiary/aromatic N) is 1. The Kier molecular flexibility index (Phi) is 3.32. The smallest absolute Gasteiger partial charge is 0.394 e. The van der Waals surface area contributed by atoms with Gasteiger partial charge in [0.05, 0.1) is 25.2 Å². The van der Waals surface area contributed by atoms with Gasteiger partial charge in [0.15, 0.2) is 0 Å². The quantitative estimate of drug-likeness (QED) is 0.589. The molecule has 7 nitrogen and oxygen atoms in total. The number of ether oxygens (including phenoxy) is 1. The van der Waals surface area contributed by atoms with E-state index in [2.05, 4.69) is 21.5 Å².